The summed E-state index contributed by atoms with van der Waals surface area (Å²) in [4.78, 5) is 21.1. The molecular weight excluding hydrogens is 194 g/mol. The molecule has 0 saturated heterocycles. The molecule has 1 aromatic rings. The Hall–Kier alpha value is -1.84. The van der Waals surface area contributed by atoms with Gasteiger partial charge in [-0.2, -0.15) is 0 Å². The molecule has 0 unspecified atom stereocenters. The molecule has 0 heterocycles. The van der Waals surface area contributed by atoms with Gasteiger partial charge in [0.15, 0.2) is 0 Å². The predicted octanol–water partition coefficient (Wildman–Crippen LogP) is 1.59. The van der Waals surface area contributed by atoms with Gasteiger partial charge in [-0.15, -0.1) is 0 Å². The van der Waals surface area contributed by atoms with Crippen molar-refractivity contribution in [2.24, 2.45) is 0 Å². The Bertz CT molecular complexity index is 354. The van der Waals surface area contributed by atoms with E-state index in [0.717, 1.165) is 11.1 Å². The Morgan fingerprint density at radius 1 is 1.33 bits per heavy atom. The summed E-state index contributed by atoms with van der Waals surface area (Å²) in [6.45, 7) is 3.80. The summed E-state index contributed by atoms with van der Waals surface area (Å²) in [6, 6.07) is 5.50. The Morgan fingerprint density at radius 3 is 2.47 bits per heavy atom. The van der Waals surface area contributed by atoms with E-state index in [1.807, 2.05) is 19.9 Å². The topological polar surface area (TPSA) is 55.4 Å². The van der Waals surface area contributed by atoms with Crippen molar-refractivity contribution in [3.8, 4) is 5.75 Å². The molecule has 80 valence electrons. The van der Waals surface area contributed by atoms with Gasteiger partial charge in [-0.1, -0.05) is 6.07 Å². The number of ether oxygens (including phenoxy) is 1. The van der Waals surface area contributed by atoms with Crippen LogP contribution in [-0.4, -0.2) is 18.9 Å². The third-order valence-corrected chi connectivity index (χ3v) is 1.74. The average Bonchev–Trinajstić information content (AvgIpc) is 2.13. The quantitative estimate of drug-likeness (QED) is 0.766. The van der Waals surface area contributed by atoms with Crippen LogP contribution in [0.2, 0.25) is 0 Å². The number of aryl methyl sites for hydroxylation is 2. The Kier molecular flexibility index (Phi) is 3.85. The van der Waals surface area contributed by atoms with Crippen LogP contribution in [0.25, 0.3) is 0 Å². The summed E-state index contributed by atoms with van der Waals surface area (Å²) < 4.78 is 4.97. The number of nitrogens with one attached hydrogen (secondary N) is 1. The Morgan fingerprint density at radius 2 is 1.93 bits per heavy atom. The van der Waals surface area contributed by atoms with Crippen molar-refractivity contribution in [1.82, 2.24) is 5.32 Å². The van der Waals surface area contributed by atoms with E-state index in [2.05, 4.69) is 5.32 Å². The maximum absolute atomic E-state index is 11.1. The van der Waals surface area contributed by atoms with E-state index in [0.29, 0.717) is 12.0 Å². The molecule has 1 N–H and O–H groups in total. The van der Waals surface area contributed by atoms with E-state index in [1.165, 1.54) is 0 Å². The normalized spacial score (nSPS) is 9.47. The zero-order valence-corrected chi connectivity index (χ0v) is 8.74. The fourth-order valence-corrected chi connectivity index (χ4v) is 1.26. The molecule has 0 aliphatic heterocycles. The summed E-state index contributed by atoms with van der Waals surface area (Å²) in [5, 5.41) is 2.29. The van der Waals surface area contributed by atoms with Gasteiger partial charge in [0.2, 0.25) is 0 Å². The van der Waals surface area contributed by atoms with Gasteiger partial charge in [-0.05, 0) is 37.1 Å². The van der Waals surface area contributed by atoms with Crippen LogP contribution in [0.4, 0.5) is 4.79 Å². The van der Waals surface area contributed by atoms with Crippen LogP contribution in [0.3, 0.4) is 0 Å². The third kappa shape index (κ3) is 3.81. The zero-order chi connectivity index (χ0) is 11.3. The van der Waals surface area contributed by atoms with Crippen LogP contribution >= 0.6 is 0 Å². The van der Waals surface area contributed by atoms with Crippen molar-refractivity contribution >= 4 is 12.4 Å². The number of carbonyl (C=O) groups excluding carboxylic acids is 2. The Labute approximate surface area is 88.2 Å². The molecule has 0 radical (unpaired) electrons. The molecule has 0 aliphatic carbocycles. The predicted molar refractivity (Wildman–Crippen MR) is 56.0 cm³/mol. The smallest absolute Gasteiger partial charge is 0.410 e. The lowest BCUT2D eigenvalue weighted by atomic mass is 10.1. The molecule has 0 aromatic heterocycles. The first-order chi connectivity index (χ1) is 7.11. The number of hydrogen-bond donors (Lipinski definition) is 1. The van der Waals surface area contributed by atoms with Crippen molar-refractivity contribution in [3.05, 3.63) is 29.3 Å². The molecular formula is C11H13NO3. The lowest BCUT2D eigenvalue weighted by molar-refractivity contribution is -0.107. The molecule has 4 nitrogen and oxygen atoms in total. The number of amides is 1. The molecule has 0 bridgehead atoms. The van der Waals surface area contributed by atoms with Gasteiger partial charge in [0.25, 0.3) is 0 Å². The van der Waals surface area contributed by atoms with Crippen molar-refractivity contribution in [3.63, 3.8) is 0 Å². The van der Waals surface area contributed by atoms with Gasteiger partial charge >= 0.3 is 6.09 Å². The first-order valence-corrected chi connectivity index (χ1v) is 4.59. The van der Waals surface area contributed by atoms with Crippen molar-refractivity contribution < 1.29 is 14.3 Å². The first-order valence-electron chi connectivity index (χ1n) is 4.59. The van der Waals surface area contributed by atoms with Gasteiger partial charge in [0, 0.05) is 0 Å². The standard InChI is InChI=1S/C11H13NO3/c1-8-5-9(2)7-10(6-8)15-11(14)12-3-4-13/h4-7H,3H2,1-2H3,(H,12,14). The molecule has 1 amide bonds. The molecule has 0 spiro atoms. The maximum atomic E-state index is 11.1. The highest BCUT2D eigenvalue weighted by molar-refractivity contribution is 5.73. The van der Waals surface area contributed by atoms with Crippen molar-refractivity contribution in [2.75, 3.05) is 6.54 Å². The monoisotopic (exact) mass is 207 g/mol. The molecule has 1 rings (SSSR count). The molecule has 0 fully saturated rings. The van der Waals surface area contributed by atoms with E-state index in [4.69, 9.17) is 4.74 Å². The van der Waals surface area contributed by atoms with Crippen LogP contribution in [0.5, 0.6) is 5.75 Å². The highest BCUT2D eigenvalue weighted by Crippen LogP contribution is 2.15. The number of carbonyl (C=O) groups is 2. The van der Waals surface area contributed by atoms with Crippen LogP contribution < -0.4 is 10.1 Å². The number of rotatable bonds is 3. The molecule has 4 heteroatoms. The zero-order valence-electron chi connectivity index (χ0n) is 8.74. The first kappa shape index (κ1) is 11.2. The fraction of sp³-hybridized carbons (Fsp3) is 0.273. The summed E-state index contributed by atoms with van der Waals surface area (Å²) in [5.74, 6) is 0.482. The van der Waals surface area contributed by atoms with E-state index < -0.39 is 6.09 Å². The van der Waals surface area contributed by atoms with Gasteiger partial charge in [0.05, 0.1) is 6.54 Å². The molecule has 1 aromatic carbocycles. The summed E-state index contributed by atoms with van der Waals surface area (Å²) in [5.41, 5.74) is 2.04. The van der Waals surface area contributed by atoms with E-state index in [1.54, 1.807) is 12.1 Å². The maximum Gasteiger partial charge on any atom is 0.412 e. The Balaban J connectivity index is 2.63. The van der Waals surface area contributed by atoms with Gasteiger partial charge in [-0.25, -0.2) is 4.79 Å². The SMILES string of the molecule is Cc1cc(C)cc(OC(=O)NCC=O)c1. The minimum Gasteiger partial charge on any atom is -0.410 e. The van der Waals surface area contributed by atoms with Gasteiger partial charge in [-0.3, -0.25) is 0 Å². The molecule has 0 saturated carbocycles. The number of hydrogen-bond acceptors (Lipinski definition) is 3. The van der Waals surface area contributed by atoms with Crippen molar-refractivity contribution in [1.29, 1.82) is 0 Å². The minimum absolute atomic E-state index is 0.0381. The number of aldehydes is 1. The van der Waals surface area contributed by atoms with Gasteiger partial charge in [0.1, 0.15) is 12.0 Å². The lowest BCUT2D eigenvalue weighted by Gasteiger charge is -2.06. The van der Waals surface area contributed by atoms with Crippen LogP contribution in [0, 0.1) is 13.8 Å². The lowest BCUT2D eigenvalue weighted by Crippen LogP contribution is -2.28. The second-order valence-electron chi connectivity index (χ2n) is 3.26. The fourth-order valence-electron chi connectivity index (χ4n) is 1.26. The summed E-state index contributed by atoms with van der Waals surface area (Å²) in [7, 11) is 0. The second-order valence-corrected chi connectivity index (χ2v) is 3.26. The second kappa shape index (κ2) is 5.14. The molecule has 0 aliphatic rings. The number of benzene rings is 1. The van der Waals surface area contributed by atoms with Crippen LogP contribution in [0.1, 0.15) is 11.1 Å². The molecule has 15 heavy (non-hydrogen) atoms. The highest BCUT2D eigenvalue weighted by atomic mass is 16.6. The van der Waals surface area contributed by atoms with Gasteiger partial charge < -0.3 is 14.8 Å². The summed E-state index contributed by atoms with van der Waals surface area (Å²) >= 11 is 0. The average molecular weight is 207 g/mol. The van der Waals surface area contributed by atoms with E-state index in [9.17, 15) is 9.59 Å². The minimum atomic E-state index is -0.618. The molecule has 0 atom stereocenters. The van der Waals surface area contributed by atoms with Crippen LogP contribution in [-0.2, 0) is 4.79 Å². The van der Waals surface area contributed by atoms with Crippen molar-refractivity contribution in [2.45, 2.75) is 13.8 Å². The summed E-state index contributed by atoms with van der Waals surface area (Å²) in [6.07, 6.45) is -0.0185. The van der Waals surface area contributed by atoms with Crippen LogP contribution in [0.15, 0.2) is 18.2 Å². The largest absolute Gasteiger partial charge is 0.412 e. The highest BCUT2D eigenvalue weighted by Gasteiger charge is 2.03. The third-order valence-electron chi connectivity index (χ3n) is 1.74. The van der Waals surface area contributed by atoms with E-state index >= 15 is 0 Å². The van der Waals surface area contributed by atoms with E-state index in [-0.39, 0.29) is 6.54 Å².